The first-order valence-corrected chi connectivity index (χ1v) is 25.4. The summed E-state index contributed by atoms with van der Waals surface area (Å²) in [6, 6.07) is 71.9. The molecule has 0 saturated heterocycles. The van der Waals surface area contributed by atoms with Crippen molar-refractivity contribution in [2.75, 3.05) is 9.71 Å². The quantitative estimate of drug-likeness (QED) is 0.162. The molecule has 69 heavy (non-hydrogen) atoms. The van der Waals surface area contributed by atoms with Crippen LogP contribution in [0.4, 0.5) is 28.4 Å². The van der Waals surface area contributed by atoms with E-state index in [1.165, 1.54) is 126 Å². The van der Waals surface area contributed by atoms with Gasteiger partial charge in [0.1, 0.15) is 0 Å². The fourth-order valence-corrected chi connectivity index (χ4v) is 13.2. The van der Waals surface area contributed by atoms with Crippen LogP contribution in [0.15, 0.2) is 188 Å². The highest BCUT2D eigenvalue weighted by Crippen LogP contribution is 2.59. The highest BCUT2D eigenvalue weighted by atomic mass is 32.1. The summed E-state index contributed by atoms with van der Waals surface area (Å²) in [5.74, 6) is 0. The number of thiophene rings is 1. The molecule has 0 atom stereocenters. The van der Waals surface area contributed by atoms with Crippen LogP contribution in [0.2, 0.25) is 0 Å². The van der Waals surface area contributed by atoms with Crippen molar-refractivity contribution in [2.24, 2.45) is 0 Å². The third-order valence-electron chi connectivity index (χ3n) is 15.5. The molecule has 1 aliphatic carbocycles. The van der Waals surface area contributed by atoms with Crippen molar-refractivity contribution in [2.45, 2.75) is 71.6 Å². The van der Waals surface area contributed by atoms with Gasteiger partial charge in [0.05, 0.1) is 5.69 Å². The van der Waals surface area contributed by atoms with E-state index in [0.717, 1.165) is 0 Å². The summed E-state index contributed by atoms with van der Waals surface area (Å²) in [5.41, 5.74) is 24.1. The van der Waals surface area contributed by atoms with Crippen LogP contribution in [0.5, 0.6) is 0 Å². The molecule has 334 valence electrons. The van der Waals surface area contributed by atoms with Crippen molar-refractivity contribution in [3.8, 4) is 44.5 Å². The number of hydrogen-bond acceptors (Lipinski definition) is 3. The van der Waals surface area contributed by atoms with Crippen LogP contribution in [0.1, 0.15) is 77.6 Å². The summed E-state index contributed by atoms with van der Waals surface area (Å²) in [5, 5.41) is 2.60. The Morgan fingerprint density at radius 3 is 1.84 bits per heavy atom. The largest absolute Gasteiger partial charge is 0.376 e. The van der Waals surface area contributed by atoms with E-state index < -0.39 is 0 Å². The van der Waals surface area contributed by atoms with Gasteiger partial charge in [0, 0.05) is 59.5 Å². The normalized spacial score (nSPS) is 14.4. The number of fused-ring (bicyclic) bond motifs is 11. The molecule has 10 aromatic rings. The number of nitrogens with zero attached hydrogens (tertiary/aromatic N) is 2. The summed E-state index contributed by atoms with van der Waals surface area (Å²) in [4.78, 5) is 5.37. The Morgan fingerprint density at radius 2 is 1.10 bits per heavy atom. The molecule has 4 heteroatoms. The summed E-state index contributed by atoms with van der Waals surface area (Å²) in [6.45, 7) is 18.7. The Morgan fingerprint density at radius 1 is 0.449 bits per heavy atom. The molecule has 3 heterocycles. The standard InChI is InChI=1S/C65H55BN2S/c1-63(2,3)43-28-31-45(32-29-43)68-55-33-27-42(40-19-11-9-12-20-40)35-51(55)60-61-50(46-23-15-17-25-52(46)65(61,7)8)38-57-62(60)66(68)53-39-59-49(47-24-16-18-26-58(47)69-59)37-56(53)67(57)54-34-30-44(64(4,5)6)36-48(54)41-21-13-10-14-22-41/h9-39H,1-8H3. The first kappa shape index (κ1) is 42.0. The van der Waals surface area contributed by atoms with E-state index in [1.807, 2.05) is 11.3 Å². The number of benzene rings is 9. The van der Waals surface area contributed by atoms with Crippen LogP contribution in [0, 0.1) is 0 Å². The minimum Gasteiger partial charge on any atom is -0.376 e. The molecule has 0 amide bonds. The molecule has 0 unspecified atom stereocenters. The van der Waals surface area contributed by atoms with Crippen LogP contribution in [-0.2, 0) is 16.2 Å². The maximum Gasteiger partial charge on any atom is 0.333 e. The molecule has 0 N–H and O–H groups in total. The fourth-order valence-electron chi connectivity index (χ4n) is 12.0. The third-order valence-corrected chi connectivity index (χ3v) is 16.7. The smallest absolute Gasteiger partial charge is 0.333 e. The Labute approximate surface area is 411 Å². The summed E-state index contributed by atoms with van der Waals surface area (Å²) in [7, 11) is 0. The van der Waals surface area contributed by atoms with Gasteiger partial charge in [-0.25, -0.2) is 0 Å². The number of anilines is 5. The molecule has 9 aromatic carbocycles. The van der Waals surface area contributed by atoms with Gasteiger partial charge in [-0.05, 0) is 138 Å². The molecule has 0 radical (unpaired) electrons. The molecule has 2 nitrogen and oxygen atoms in total. The number of rotatable bonds is 4. The molecule has 0 spiro atoms. The molecule has 3 aliphatic rings. The Balaban J connectivity index is 1.22. The Kier molecular flexibility index (Phi) is 9.09. The lowest BCUT2D eigenvalue weighted by atomic mass is 9.42. The number of hydrogen-bond donors (Lipinski definition) is 0. The van der Waals surface area contributed by atoms with Crippen molar-refractivity contribution in [1.29, 1.82) is 0 Å². The van der Waals surface area contributed by atoms with E-state index in [1.54, 1.807) is 0 Å². The second-order valence-corrected chi connectivity index (χ2v) is 23.2. The van der Waals surface area contributed by atoms with Crippen LogP contribution < -0.4 is 20.6 Å². The van der Waals surface area contributed by atoms with Crippen molar-refractivity contribution in [1.82, 2.24) is 0 Å². The predicted molar refractivity (Wildman–Crippen MR) is 299 cm³/mol. The van der Waals surface area contributed by atoms with Crippen molar-refractivity contribution in [3.63, 3.8) is 0 Å². The van der Waals surface area contributed by atoms with Crippen molar-refractivity contribution >= 4 is 77.7 Å². The van der Waals surface area contributed by atoms with Crippen LogP contribution in [-0.4, -0.2) is 6.85 Å². The molecule has 2 aliphatic heterocycles. The first-order chi connectivity index (χ1) is 33.3. The summed E-state index contributed by atoms with van der Waals surface area (Å²) < 4.78 is 2.63. The fraction of sp³-hybridized carbons (Fsp3) is 0.169. The van der Waals surface area contributed by atoms with Crippen molar-refractivity contribution < 1.29 is 0 Å². The molecule has 13 rings (SSSR count). The first-order valence-electron chi connectivity index (χ1n) is 24.6. The van der Waals surface area contributed by atoms with Crippen LogP contribution in [0.25, 0.3) is 64.7 Å². The van der Waals surface area contributed by atoms with Gasteiger partial charge in [-0.3, -0.25) is 0 Å². The lowest BCUT2D eigenvalue weighted by molar-refractivity contribution is 0.590. The van der Waals surface area contributed by atoms with Crippen molar-refractivity contribution in [3.05, 3.63) is 210 Å². The highest BCUT2D eigenvalue weighted by Gasteiger charge is 2.50. The SMILES string of the molecule is CC(C)(C)c1ccc(N2B3c4cc5sc6ccccc6c5cc4N(c4ccc(C(C)(C)C)cc4-c4ccccc4)c4cc5c(c(c43)-c3cc(-c4ccccc4)ccc32)C(C)(C)c2ccccc2-5)cc1. The van der Waals surface area contributed by atoms with Gasteiger partial charge < -0.3 is 9.71 Å². The van der Waals surface area contributed by atoms with Gasteiger partial charge in [0.2, 0.25) is 0 Å². The second kappa shape index (κ2) is 14.9. The minimum atomic E-state index is -0.262. The van der Waals surface area contributed by atoms with E-state index >= 15 is 0 Å². The van der Waals surface area contributed by atoms with Gasteiger partial charge in [-0.2, -0.15) is 0 Å². The third kappa shape index (κ3) is 6.31. The Bertz CT molecular complexity index is 3720. The molecular weight excluding hydrogens is 852 g/mol. The summed E-state index contributed by atoms with van der Waals surface area (Å²) >= 11 is 1.91. The minimum absolute atomic E-state index is 0.0214. The van der Waals surface area contributed by atoms with E-state index in [9.17, 15) is 0 Å². The monoisotopic (exact) mass is 906 g/mol. The van der Waals surface area contributed by atoms with Gasteiger partial charge in [0.15, 0.2) is 0 Å². The zero-order chi connectivity index (χ0) is 47.1. The molecule has 0 bridgehead atoms. The molecule has 0 fully saturated rings. The summed E-state index contributed by atoms with van der Waals surface area (Å²) in [6.07, 6.45) is 0. The lowest BCUT2D eigenvalue weighted by Gasteiger charge is -2.47. The average Bonchev–Trinajstić information content (AvgIpc) is 3.83. The second-order valence-electron chi connectivity index (χ2n) is 22.1. The van der Waals surface area contributed by atoms with Gasteiger partial charge in [-0.1, -0.05) is 183 Å². The van der Waals surface area contributed by atoms with Crippen LogP contribution >= 0.6 is 11.3 Å². The molecular formula is C65H55BN2S. The average molecular weight is 907 g/mol. The van der Waals surface area contributed by atoms with Gasteiger partial charge in [-0.15, -0.1) is 11.3 Å². The van der Waals surface area contributed by atoms with E-state index in [0.29, 0.717) is 0 Å². The lowest BCUT2D eigenvalue weighted by Crippen LogP contribution is -2.62. The maximum absolute atomic E-state index is 2.69. The molecule has 0 saturated carbocycles. The molecule has 1 aromatic heterocycles. The van der Waals surface area contributed by atoms with Gasteiger partial charge in [0.25, 0.3) is 0 Å². The Hall–Kier alpha value is -7.14. The topological polar surface area (TPSA) is 6.48 Å². The maximum atomic E-state index is 2.69. The zero-order valence-corrected chi connectivity index (χ0v) is 41.6. The van der Waals surface area contributed by atoms with E-state index in [4.69, 9.17) is 0 Å². The highest BCUT2D eigenvalue weighted by molar-refractivity contribution is 7.26. The van der Waals surface area contributed by atoms with E-state index in [-0.39, 0.29) is 23.1 Å². The predicted octanol–water partition coefficient (Wildman–Crippen LogP) is 17.0. The van der Waals surface area contributed by atoms with Crippen LogP contribution in [0.3, 0.4) is 0 Å². The zero-order valence-electron chi connectivity index (χ0n) is 40.8. The van der Waals surface area contributed by atoms with Gasteiger partial charge >= 0.3 is 6.85 Å². The van der Waals surface area contributed by atoms with E-state index in [2.05, 4.69) is 253 Å².